The van der Waals surface area contributed by atoms with E-state index in [1.807, 2.05) is 6.92 Å². The highest BCUT2D eigenvalue weighted by molar-refractivity contribution is 7.89. The molecule has 0 aliphatic heterocycles. The van der Waals surface area contributed by atoms with E-state index in [0.717, 1.165) is 6.54 Å². The molecular formula is C9H17N3O3S. The van der Waals surface area contributed by atoms with Gasteiger partial charge in [-0.15, -0.1) is 0 Å². The normalized spacial score (nSPS) is 11.8. The Kier molecular flexibility index (Phi) is 5.44. The Bertz CT molecular complexity index is 375. The maximum absolute atomic E-state index is 11.5. The van der Waals surface area contributed by atoms with Crippen LogP contribution in [0, 0.1) is 0 Å². The molecule has 16 heavy (non-hydrogen) atoms. The molecule has 92 valence electrons. The van der Waals surface area contributed by atoms with Gasteiger partial charge in [-0.05, 0) is 19.5 Å². The molecule has 0 fully saturated rings. The molecule has 0 aromatic carbocycles. The van der Waals surface area contributed by atoms with Gasteiger partial charge in [-0.3, -0.25) is 0 Å². The standard InChI is InChI=1S/C9H17N3O3S/c1-2-10-5-3-7-16(13,14)12-8-9-4-6-11-15-9/h4,6,10,12H,2-3,5,7-8H2,1H3. The predicted octanol–water partition coefficient (Wildman–Crippen LogP) is 0.0936. The summed E-state index contributed by atoms with van der Waals surface area (Å²) >= 11 is 0. The first kappa shape index (κ1) is 13.1. The Hall–Kier alpha value is -0.920. The van der Waals surface area contributed by atoms with Crippen LogP contribution in [0.15, 0.2) is 16.8 Å². The minimum atomic E-state index is -3.22. The summed E-state index contributed by atoms with van der Waals surface area (Å²) in [5.74, 6) is 0.629. The fraction of sp³-hybridized carbons (Fsp3) is 0.667. The maximum atomic E-state index is 11.5. The number of aromatic nitrogens is 1. The number of nitrogens with zero attached hydrogens (tertiary/aromatic N) is 1. The van der Waals surface area contributed by atoms with Gasteiger partial charge in [0.2, 0.25) is 10.0 Å². The van der Waals surface area contributed by atoms with E-state index in [0.29, 0.717) is 18.7 Å². The summed E-state index contributed by atoms with van der Waals surface area (Å²) in [5, 5.41) is 6.56. The molecule has 6 nitrogen and oxygen atoms in total. The van der Waals surface area contributed by atoms with Crippen LogP contribution in [0.2, 0.25) is 0 Å². The molecule has 1 aromatic rings. The molecule has 0 atom stereocenters. The zero-order chi connectivity index (χ0) is 11.9. The SMILES string of the molecule is CCNCCCS(=O)(=O)NCc1ccno1. The van der Waals surface area contributed by atoms with Crippen molar-refractivity contribution < 1.29 is 12.9 Å². The Morgan fingerprint density at radius 3 is 2.94 bits per heavy atom. The second-order valence-corrected chi connectivity index (χ2v) is 5.25. The van der Waals surface area contributed by atoms with Crippen molar-refractivity contribution in [3.05, 3.63) is 18.0 Å². The summed E-state index contributed by atoms with van der Waals surface area (Å²) in [6.45, 7) is 3.70. The smallest absolute Gasteiger partial charge is 0.212 e. The van der Waals surface area contributed by atoms with Gasteiger partial charge in [-0.1, -0.05) is 12.1 Å². The molecule has 0 bridgehead atoms. The van der Waals surface area contributed by atoms with Gasteiger partial charge >= 0.3 is 0 Å². The van der Waals surface area contributed by atoms with Gasteiger partial charge in [0.1, 0.15) is 0 Å². The van der Waals surface area contributed by atoms with E-state index in [4.69, 9.17) is 4.52 Å². The van der Waals surface area contributed by atoms with Crippen LogP contribution in [0.1, 0.15) is 19.1 Å². The fourth-order valence-electron chi connectivity index (χ4n) is 1.15. The third kappa shape index (κ3) is 5.24. The first-order chi connectivity index (χ1) is 7.64. The molecule has 1 heterocycles. The molecular weight excluding hydrogens is 230 g/mol. The van der Waals surface area contributed by atoms with Gasteiger partial charge in [0, 0.05) is 6.07 Å². The Morgan fingerprint density at radius 1 is 1.50 bits per heavy atom. The Balaban J connectivity index is 2.23. The van der Waals surface area contributed by atoms with Crippen LogP contribution in [-0.4, -0.2) is 32.4 Å². The van der Waals surface area contributed by atoms with Crippen LogP contribution in [0.3, 0.4) is 0 Å². The van der Waals surface area contributed by atoms with Crippen LogP contribution in [0.5, 0.6) is 0 Å². The number of nitrogens with one attached hydrogen (secondary N) is 2. The minimum absolute atomic E-state index is 0.119. The van der Waals surface area contributed by atoms with Gasteiger partial charge < -0.3 is 9.84 Å². The lowest BCUT2D eigenvalue weighted by molar-refractivity contribution is 0.380. The summed E-state index contributed by atoms with van der Waals surface area (Å²) in [5.41, 5.74) is 0. The summed E-state index contributed by atoms with van der Waals surface area (Å²) in [6, 6.07) is 1.63. The second kappa shape index (κ2) is 6.62. The average Bonchev–Trinajstić information content (AvgIpc) is 2.75. The zero-order valence-electron chi connectivity index (χ0n) is 9.27. The first-order valence-corrected chi connectivity index (χ1v) is 6.87. The molecule has 0 saturated heterocycles. The lowest BCUT2D eigenvalue weighted by atomic mass is 10.5. The minimum Gasteiger partial charge on any atom is -0.360 e. The maximum Gasteiger partial charge on any atom is 0.212 e. The van der Waals surface area contributed by atoms with Crippen molar-refractivity contribution in [2.24, 2.45) is 0 Å². The molecule has 0 radical (unpaired) electrons. The molecule has 0 amide bonds. The van der Waals surface area contributed by atoms with Crippen molar-refractivity contribution in [2.75, 3.05) is 18.8 Å². The summed E-state index contributed by atoms with van der Waals surface area (Å²) in [4.78, 5) is 0. The van der Waals surface area contributed by atoms with Gasteiger partial charge in [-0.2, -0.15) is 0 Å². The third-order valence-corrected chi connectivity index (χ3v) is 3.38. The quantitative estimate of drug-likeness (QED) is 0.636. The van der Waals surface area contributed by atoms with Crippen molar-refractivity contribution in [1.29, 1.82) is 0 Å². The molecule has 7 heteroatoms. The van der Waals surface area contributed by atoms with Crippen molar-refractivity contribution in [1.82, 2.24) is 15.2 Å². The van der Waals surface area contributed by atoms with Crippen LogP contribution >= 0.6 is 0 Å². The fourth-order valence-corrected chi connectivity index (χ4v) is 2.18. The highest BCUT2D eigenvalue weighted by atomic mass is 32.2. The lowest BCUT2D eigenvalue weighted by Crippen LogP contribution is -2.27. The van der Waals surface area contributed by atoms with Crippen molar-refractivity contribution >= 4 is 10.0 Å². The van der Waals surface area contributed by atoms with Gasteiger partial charge in [0.05, 0.1) is 18.5 Å². The van der Waals surface area contributed by atoms with Gasteiger partial charge in [0.15, 0.2) is 5.76 Å². The van der Waals surface area contributed by atoms with Gasteiger partial charge in [0.25, 0.3) is 0 Å². The van der Waals surface area contributed by atoms with E-state index >= 15 is 0 Å². The molecule has 0 spiro atoms. The monoisotopic (exact) mass is 247 g/mol. The summed E-state index contributed by atoms with van der Waals surface area (Å²) < 4.78 is 30.2. The molecule has 2 N–H and O–H groups in total. The molecule has 1 rings (SSSR count). The van der Waals surface area contributed by atoms with E-state index < -0.39 is 10.0 Å². The largest absolute Gasteiger partial charge is 0.360 e. The molecule has 0 aliphatic rings. The zero-order valence-corrected chi connectivity index (χ0v) is 10.1. The van der Waals surface area contributed by atoms with Crippen LogP contribution < -0.4 is 10.0 Å². The number of sulfonamides is 1. The van der Waals surface area contributed by atoms with E-state index in [9.17, 15) is 8.42 Å². The van der Waals surface area contributed by atoms with Crippen molar-refractivity contribution in [3.63, 3.8) is 0 Å². The molecule has 1 aromatic heterocycles. The number of hydrogen-bond acceptors (Lipinski definition) is 5. The van der Waals surface area contributed by atoms with Crippen molar-refractivity contribution in [3.8, 4) is 0 Å². The topological polar surface area (TPSA) is 84.2 Å². The number of hydrogen-bond donors (Lipinski definition) is 2. The second-order valence-electron chi connectivity index (χ2n) is 3.33. The van der Waals surface area contributed by atoms with Crippen LogP contribution in [0.25, 0.3) is 0 Å². The highest BCUT2D eigenvalue weighted by Gasteiger charge is 2.10. The van der Waals surface area contributed by atoms with Gasteiger partial charge in [-0.25, -0.2) is 13.1 Å². The first-order valence-electron chi connectivity index (χ1n) is 5.21. The molecule has 0 aliphatic carbocycles. The lowest BCUT2D eigenvalue weighted by Gasteiger charge is -2.05. The Labute approximate surface area is 95.4 Å². The van der Waals surface area contributed by atoms with E-state index in [2.05, 4.69) is 15.2 Å². The summed E-state index contributed by atoms with van der Waals surface area (Å²) in [6.07, 6.45) is 2.08. The van der Waals surface area contributed by atoms with Crippen molar-refractivity contribution in [2.45, 2.75) is 19.9 Å². The van der Waals surface area contributed by atoms with E-state index in [-0.39, 0.29) is 12.3 Å². The average molecular weight is 247 g/mol. The summed E-state index contributed by atoms with van der Waals surface area (Å²) in [7, 11) is -3.22. The van der Waals surface area contributed by atoms with E-state index in [1.54, 1.807) is 6.07 Å². The third-order valence-electron chi connectivity index (χ3n) is 1.97. The Morgan fingerprint density at radius 2 is 2.31 bits per heavy atom. The predicted molar refractivity (Wildman–Crippen MR) is 60.3 cm³/mol. The highest BCUT2D eigenvalue weighted by Crippen LogP contribution is 1.97. The molecule has 0 saturated carbocycles. The van der Waals surface area contributed by atoms with E-state index in [1.165, 1.54) is 6.20 Å². The number of rotatable bonds is 8. The van der Waals surface area contributed by atoms with Crippen LogP contribution in [-0.2, 0) is 16.6 Å². The molecule has 0 unspecified atom stereocenters. The van der Waals surface area contributed by atoms with Crippen LogP contribution in [0.4, 0.5) is 0 Å².